The molecule has 0 aliphatic heterocycles. The minimum Gasteiger partial charge on any atom is -0.508 e. The number of hydrogen-bond donors (Lipinski definition) is 3. The number of carbonyl (C=O) groups is 1. The standard InChI is InChI=1S/C15H15NO3/c1-9-4-3-5-10(2)14(9)16-15(19)11-6-12(17)8-13(18)7-11/h3-8,17-18H,1-2H3,(H,16,19). The topological polar surface area (TPSA) is 69.6 Å². The molecule has 0 aliphatic carbocycles. The first-order valence-corrected chi connectivity index (χ1v) is 5.88. The second-order valence-electron chi connectivity index (χ2n) is 4.46. The number of aromatic hydroxyl groups is 2. The molecule has 0 saturated heterocycles. The lowest BCUT2D eigenvalue weighted by molar-refractivity contribution is 0.102. The quantitative estimate of drug-likeness (QED) is 0.774. The summed E-state index contributed by atoms with van der Waals surface area (Å²) < 4.78 is 0. The predicted molar refractivity (Wildman–Crippen MR) is 73.6 cm³/mol. The summed E-state index contributed by atoms with van der Waals surface area (Å²) >= 11 is 0. The van der Waals surface area contributed by atoms with E-state index >= 15 is 0 Å². The molecule has 0 atom stereocenters. The third kappa shape index (κ3) is 2.85. The molecule has 1 amide bonds. The van der Waals surface area contributed by atoms with Crippen LogP contribution in [0.5, 0.6) is 11.5 Å². The van der Waals surface area contributed by atoms with Crippen LogP contribution >= 0.6 is 0 Å². The number of aryl methyl sites for hydroxylation is 2. The molecule has 0 saturated carbocycles. The lowest BCUT2D eigenvalue weighted by Gasteiger charge is -2.11. The van der Waals surface area contributed by atoms with E-state index in [1.54, 1.807) is 0 Å². The Hall–Kier alpha value is -2.49. The second-order valence-corrected chi connectivity index (χ2v) is 4.46. The molecule has 0 bridgehead atoms. The number of phenols is 2. The van der Waals surface area contributed by atoms with Gasteiger partial charge in [-0.1, -0.05) is 18.2 Å². The van der Waals surface area contributed by atoms with Gasteiger partial charge in [0.25, 0.3) is 5.91 Å². The summed E-state index contributed by atoms with van der Waals surface area (Å²) in [5.74, 6) is -0.665. The number of phenolic OH excluding ortho intramolecular Hbond substituents is 2. The molecule has 0 heterocycles. The van der Waals surface area contributed by atoms with Crippen molar-refractivity contribution in [2.75, 3.05) is 5.32 Å². The van der Waals surface area contributed by atoms with Crippen molar-refractivity contribution in [3.05, 3.63) is 53.1 Å². The van der Waals surface area contributed by atoms with Gasteiger partial charge in [0.05, 0.1) is 0 Å². The van der Waals surface area contributed by atoms with E-state index < -0.39 is 0 Å². The maximum absolute atomic E-state index is 12.1. The van der Waals surface area contributed by atoms with Gasteiger partial charge in [0, 0.05) is 17.3 Å². The van der Waals surface area contributed by atoms with Gasteiger partial charge in [-0.3, -0.25) is 4.79 Å². The molecule has 0 spiro atoms. The maximum Gasteiger partial charge on any atom is 0.255 e. The molecule has 0 aliphatic rings. The molecule has 98 valence electrons. The van der Waals surface area contributed by atoms with Crippen LogP contribution in [0.25, 0.3) is 0 Å². The van der Waals surface area contributed by atoms with E-state index in [0.29, 0.717) is 0 Å². The highest BCUT2D eigenvalue weighted by Gasteiger charge is 2.11. The molecule has 2 aromatic carbocycles. The van der Waals surface area contributed by atoms with E-state index in [4.69, 9.17) is 0 Å². The highest BCUT2D eigenvalue weighted by Crippen LogP contribution is 2.23. The van der Waals surface area contributed by atoms with E-state index in [-0.39, 0.29) is 23.0 Å². The molecule has 0 unspecified atom stereocenters. The van der Waals surface area contributed by atoms with Crippen LogP contribution in [0.2, 0.25) is 0 Å². The van der Waals surface area contributed by atoms with Crippen LogP contribution in [0.1, 0.15) is 21.5 Å². The van der Waals surface area contributed by atoms with E-state index in [2.05, 4.69) is 5.32 Å². The third-order valence-electron chi connectivity index (χ3n) is 2.88. The Morgan fingerprint density at radius 1 is 1.00 bits per heavy atom. The van der Waals surface area contributed by atoms with Crippen LogP contribution in [0, 0.1) is 13.8 Å². The summed E-state index contributed by atoms with van der Waals surface area (Å²) in [6.07, 6.45) is 0. The fourth-order valence-corrected chi connectivity index (χ4v) is 1.92. The SMILES string of the molecule is Cc1cccc(C)c1NC(=O)c1cc(O)cc(O)c1. The lowest BCUT2D eigenvalue weighted by Crippen LogP contribution is -2.13. The van der Waals surface area contributed by atoms with Gasteiger partial charge in [-0.15, -0.1) is 0 Å². The molecular weight excluding hydrogens is 242 g/mol. The van der Waals surface area contributed by atoms with Crippen LogP contribution in [0.3, 0.4) is 0 Å². The fourth-order valence-electron chi connectivity index (χ4n) is 1.92. The van der Waals surface area contributed by atoms with Crippen LogP contribution in [-0.2, 0) is 0 Å². The van der Waals surface area contributed by atoms with Gasteiger partial charge in [-0.2, -0.15) is 0 Å². The average molecular weight is 257 g/mol. The van der Waals surface area contributed by atoms with Gasteiger partial charge in [-0.25, -0.2) is 0 Å². The van der Waals surface area contributed by atoms with Crippen LogP contribution < -0.4 is 5.32 Å². The zero-order valence-corrected chi connectivity index (χ0v) is 10.8. The van der Waals surface area contributed by atoms with Crippen molar-refractivity contribution in [2.45, 2.75) is 13.8 Å². The van der Waals surface area contributed by atoms with Crippen LogP contribution in [0.15, 0.2) is 36.4 Å². The summed E-state index contributed by atoms with van der Waals surface area (Å²) in [6, 6.07) is 9.52. The zero-order chi connectivity index (χ0) is 14.0. The lowest BCUT2D eigenvalue weighted by atomic mass is 10.1. The van der Waals surface area contributed by atoms with Crippen molar-refractivity contribution in [1.29, 1.82) is 0 Å². The van der Waals surface area contributed by atoms with Crippen molar-refractivity contribution in [3.63, 3.8) is 0 Å². The van der Waals surface area contributed by atoms with Crippen LogP contribution in [-0.4, -0.2) is 16.1 Å². The monoisotopic (exact) mass is 257 g/mol. The second kappa shape index (κ2) is 5.02. The number of para-hydroxylation sites is 1. The number of rotatable bonds is 2. The number of hydrogen-bond acceptors (Lipinski definition) is 3. The molecule has 3 N–H and O–H groups in total. The molecule has 4 heteroatoms. The normalized spacial score (nSPS) is 10.2. The maximum atomic E-state index is 12.1. The van der Waals surface area contributed by atoms with E-state index in [0.717, 1.165) is 16.8 Å². The van der Waals surface area contributed by atoms with Gasteiger partial charge in [-0.05, 0) is 37.1 Å². The van der Waals surface area contributed by atoms with Crippen LogP contribution in [0.4, 0.5) is 5.69 Å². The summed E-state index contributed by atoms with van der Waals surface area (Å²) in [4.78, 5) is 12.1. The predicted octanol–water partition coefficient (Wildman–Crippen LogP) is 2.97. The van der Waals surface area contributed by atoms with Crippen molar-refractivity contribution in [1.82, 2.24) is 0 Å². The summed E-state index contributed by atoms with van der Waals surface area (Å²) in [5, 5.41) is 21.5. The van der Waals surface area contributed by atoms with Crippen molar-refractivity contribution >= 4 is 11.6 Å². The molecule has 2 aromatic rings. The molecule has 19 heavy (non-hydrogen) atoms. The number of amides is 1. The largest absolute Gasteiger partial charge is 0.508 e. The van der Waals surface area contributed by atoms with Gasteiger partial charge in [0.15, 0.2) is 0 Å². The van der Waals surface area contributed by atoms with Crippen molar-refractivity contribution in [3.8, 4) is 11.5 Å². The summed E-state index contributed by atoms with van der Waals surface area (Å²) in [6.45, 7) is 3.81. The zero-order valence-electron chi connectivity index (χ0n) is 10.8. The molecule has 4 nitrogen and oxygen atoms in total. The number of benzene rings is 2. The summed E-state index contributed by atoms with van der Waals surface area (Å²) in [5.41, 5.74) is 2.87. The van der Waals surface area contributed by atoms with E-state index in [1.807, 2.05) is 32.0 Å². The van der Waals surface area contributed by atoms with E-state index in [9.17, 15) is 15.0 Å². The first-order valence-electron chi connectivity index (χ1n) is 5.88. The highest BCUT2D eigenvalue weighted by molar-refractivity contribution is 6.05. The van der Waals surface area contributed by atoms with Crippen molar-refractivity contribution in [2.24, 2.45) is 0 Å². The smallest absolute Gasteiger partial charge is 0.255 e. The van der Waals surface area contributed by atoms with Gasteiger partial charge in [0.2, 0.25) is 0 Å². The minimum absolute atomic E-state index is 0.147. The Kier molecular flexibility index (Phi) is 3.42. The minimum atomic E-state index is -0.372. The van der Waals surface area contributed by atoms with Gasteiger partial charge in [0.1, 0.15) is 11.5 Å². The Bertz CT molecular complexity index is 595. The molecular formula is C15H15NO3. The highest BCUT2D eigenvalue weighted by atomic mass is 16.3. The first-order chi connectivity index (χ1) is 8.97. The molecule has 0 radical (unpaired) electrons. The van der Waals surface area contributed by atoms with E-state index in [1.165, 1.54) is 18.2 Å². The molecule has 0 aromatic heterocycles. The van der Waals surface area contributed by atoms with Gasteiger partial charge < -0.3 is 15.5 Å². The Balaban J connectivity index is 2.31. The first kappa shape index (κ1) is 13.0. The fraction of sp³-hybridized carbons (Fsp3) is 0.133. The van der Waals surface area contributed by atoms with Gasteiger partial charge >= 0.3 is 0 Å². The molecule has 0 fully saturated rings. The van der Waals surface area contributed by atoms with Crippen molar-refractivity contribution < 1.29 is 15.0 Å². The number of anilines is 1. The Labute approximate surface area is 111 Å². The Morgan fingerprint density at radius 2 is 1.53 bits per heavy atom. The average Bonchev–Trinajstić information content (AvgIpc) is 2.32. The third-order valence-corrected chi connectivity index (χ3v) is 2.88. The summed E-state index contributed by atoms with van der Waals surface area (Å²) in [7, 11) is 0. The molecule has 2 rings (SSSR count). The number of carbonyl (C=O) groups excluding carboxylic acids is 1. The number of nitrogens with one attached hydrogen (secondary N) is 1. The Morgan fingerprint density at radius 3 is 2.05 bits per heavy atom.